The minimum atomic E-state index is 0.142. The Bertz CT molecular complexity index is 267. The van der Waals surface area contributed by atoms with Gasteiger partial charge in [0.05, 0.1) is 6.61 Å². The maximum atomic E-state index is 8.60. The van der Waals surface area contributed by atoms with Crippen LogP contribution in [-0.2, 0) is 0 Å². The van der Waals surface area contributed by atoms with Crippen molar-refractivity contribution in [1.29, 1.82) is 0 Å². The maximum absolute atomic E-state index is 8.60. The van der Waals surface area contributed by atoms with Crippen molar-refractivity contribution in [1.82, 2.24) is 0 Å². The standard InChI is InChI=1S/C23H44O/c1-2-3-4-5-6-7-8-9-10-11-12-13-14-15-16-17-18-19-20-21-22-23-24/h19-22,24H,2-18,23H2,1H3/b20-19+,22-21+. The van der Waals surface area contributed by atoms with Crippen molar-refractivity contribution in [2.24, 2.45) is 0 Å². The smallest absolute Gasteiger partial charge is 0.0615 e. The topological polar surface area (TPSA) is 20.2 Å². The highest BCUT2D eigenvalue weighted by Crippen LogP contribution is 2.14. The Hall–Kier alpha value is -0.560. The van der Waals surface area contributed by atoms with E-state index in [-0.39, 0.29) is 6.61 Å². The minimum absolute atomic E-state index is 0.142. The van der Waals surface area contributed by atoms with E-state index in [1.165, 1.54) is 109 Å². The highest BCUT2D eigenvalue weighted by Gasteiger charge is 1.94. The molecule has 0 aromatic carbocycles. The highest BCUT2D eigenvalue weighted by atomic mass is 16.2. The Morgan fingerprint density at radius 3 is 1.29 bits per heavy atom. The Morgan fingerprint density at radius 1 is 0.500 bits per heavy atom. The first-order chi connectivity index (χ1) is 11.9. The van der Waals surface area contributed by atoms with Crippen LogP contribution in [0.4, 0.5) is 0 Å². The monoisotopic (exact) mass is 336 g/mol. The van der Waals surface area contributed by atoms with E-state index in [0.717, 1.165) is 0 Å². The Balaban J connectivity index is 3.02. The summed E-state index contributed by atoms with van der Waals surface area (Å²) in [4.78, 5) is 0. The van der Waals surface area contributed by atoms with Gasteiger partial charge < -0.3 is 5.11 Å². The third-order valence-electron chi connectivity index (χ3n) is 4.71. The molecule has 0 aromatic rings. The molecule has 0 aliphatic heterocycles. The molecule has 0 unspecified atom stereocenters. The van der Waals surface area contributed by atoms with Gasteiger partial charge in [0, 0.05) is 0 Å². The second-order valence-electron chi connectivity index (χ2n) is 7.13. The number of hydrogen-bond acceptors (Lipinski definition) is 1. The van der Waals surface area contributed by atoms with Crippen molar-refractivity contribution in [3.63, 3.8) is 0 Å². The van der Waals surface area contributed by atoms with Crippen molar-refractivity contribution in [3.05, 3.63) is 24.3 Å². The zero-order valence-corrected chi connectivity index (χ0v) is 16.5. The van der Waals surface area contributed by atoms with Crippen LogP contribution in [0.5, 0.6) is 0 Å². The molecule has 0 radical (unpaired) electrons. The fourth-order valence-electron chi connectivity index (χ4n) is 3.12. The Morgan fingerprint density at radius 2 is 0.875 bits per heavy atom. The summed E-state index contributed by atoms with van der Waals surface area (Å²) in [5.74, 6) is 0. The molecule has 0 atom stereocenters. The molecule has 0 spiro atoms. The van der Waals surface area contributed by atoms with Crippen molar-refractivity contribution in [3.8, 4) is 0 Å². The summed E-state index contributed by atoms with van der Waals surface area (Å²) < 4.78 is 0. The molecule has 0 saturated carbocycles. The van der Waals surface area contributed by atoms with Crippen LogP contribution in [-0.4, -0.2) is 11.7 Å². The lowest BCUT2D eigenvalue weighted by Crippen LogP contribution is -1.83. The van der Waals surface area contributed by atoms with Gasteiger partial charge in [0.25, 0.3) is 0 Å². The van der Waals surface area contributed by atoms with Gasteiger partial charge in [-0.2, -0.15) is 0 Å². The van der Waals surface area contributed by atoms with E-state index in [2.05, 4.69) is 13.0 Å². The molecule has 0 rings (SSSR count). The molecular formula is C23H44O. The molecule has 0 fully saturated rings. The minimum Gasteiger partial charge on any atom is -0.392 e. The lowest BCUT2D eigenvalue weighted by molar-refractivity contribution is 0.343. The summed E-state index contributed by atoms with van der Waals surface area (Å²) in [6.07, 6.45) is 32.0. The van der Waals surface area contributed by atoms with Crippen LogP contribution < -0.4 is 0 Å². The third kappa shape index (κ3) is 21.4. The van der Waals surface area contributed by atoms with Gasteiger partial charge in [-0.15, -0.1) is 0 Å². The summed E-state index contributed by atoms with van der Waals surface area (Å²) in [6, 6.07) is 0. The molecule has 0 aliphatic rings. The van der Waals surface area contributed by atoms with E-state index in [0.29, 0.717) is 0 Å². The summed E-state index contributed by atoms with van der Waals surface area (Å²) >= 11 is 0. The second-order valence-corrected chi connectivity index (χ2v) is 7.13. The summed E-state index contributed by atoms with van der Waals surface area (Å²) in [5, 5.41) is 8.60. The number of unbranched alkanes of at least 4 members (excludes halogenated alkanes) is 16. The maximum Gasteiger partial charge on any atom is 0.0615 e. The van der Waals surface area contributed by atoms with Crippen LogP contribution in [0.25, 0.3) is 0 Å². The summed E-state index contributed by atoms with van der Waals surface area (Å²) in [5.41, 5.74) is 0. The average molecular weight is 337 g/mol. The molecule has 0 saturated heterocycles. The van der Waals surface area contributed by atoms with E-state index in [1.807, 2.05) is 12.2 Å². The van der Waals surface area contributed by atoms with Gasteiger partial charge >= 0.3 is 0 Å². The lowest BCUT2D eigenvalue weighted by Gasteiger charge is -2.03. The van der Waals surface area contributed by atoms with E-state index in [4.69, 9.17) is 5.11 Å². The first-order valence-corrected chi connectivity index (χ1v) is 10.8. The predicted molar refractivity (Wildman–Crippen MR) is 110 cm³/mol. The van der Waals surface area contributed by atoms with Crippen molar-refractivity contribution < 1.29 is 5.11 Å². The number of allylic oxidation sites excluding steroid dienone is 3. The first-order valence-electron chi connectivity index (χ1n) is 10.8. The van der Waals surface area contributed by atoms with Gasteiger partial charge in [-0.25, -0.2) is 0 Å². The van der Waals surface area contributed by atoms with E-state index in [9.17, 15) is 0 Å². The SMILES string of the molecule is CCCCCCCCCCCCCCCCCC/C=C/C=C/CO. The predicted octanol–water partition coefficient (Wildman–Crippen LogP) is 7.74. The second kappa shape index (κ2) is 22.4. The normalized spacial score (nSPS) is 11.9. The van der Waals surface area contributed by atoms with Crippen LogP contribution in [0.2, 0.25) is 0 Å². The van der Waals surface area contributed by atoms with Crippen LogP contribution >= 0.6 is 0 Å². The molecule has 1 nitrogen and oxygen atoms in total. The molecule has 1 heteroatoms. The van der Waals surface area contributed by atoms with Gasteiger partial charge in [0.2, 0.25) is 0 Å². The van der Waals surface area contributed by atoms with Gasteiger partial charge in [0.15, 0.2) is 0 Å². The van der Waals surface area contributed by atoms with E-state index in [1.54, 1.807) is 6.08 Å². The number of rotatable bonds is 19. The number of aliphatic hydroxyl groups excluding tert-OH is 1. The Kier molecular flexibility index (Phi) is 21.9. The van der Waals surface area contributed by atoms with Gasteiger partial charge in [-0.3, -0.25) is 0 Å². The van der Waals surface area contributed by atoms with Crippen LogP contribution in [0.15, 0.2) is 24.3 Å². The fraction of sp³-hybridized carbons (Fsp3) is 0.826. The van der Waals surface area contributed by atoms with Crippen LogP contribution in [0, 0.1) is 0 Å². The van der Waals surface area contributed by atoms with E-state index < -0.39 is 0 Å². The molecule has 142 valence electrons. The van der Waals surface area contributed by atoms with Crippen molar-refractivity contribution in [2.45, 2.75) is 116 Å². The molecule has 0 aliphatic carbocycles. The molecule has 1 N–H and O–H groups in total. The molecule has 0 aromatic heterocycles. The molecule has 0 amide bonds. The number of aliphatic hydroxyl groups is 1. The van der Waals surface area contributed by atoms with Gasteiger partial charge in [-0.1, -0.05) is 128 Å². The Labute approximate surface area is 152 Å². The van der Waals surface area contributed by atoms with Gasteiger partial charge in [-0.05, 0) is 12.8 Å². The zero-order valence-electron chi connectivity index (χ0n) is 16.5. The van der Waals surface area contributed by atoms with E-state index >= 15 is 0 Å². The number of hydrogen-bond donors (Lipinski definition) is 1. The molecule has 0 heterocycles. The van der Waals surface area contributed by atoms with Crippen molar-refractivity contribution in [2.75, 3.05) is 6.61 Å². The summed E-state index contributed by atoms with van der Waals surface area (Å²) in [7, 11) is 0. The lowest BCUT2D eigenvalue weighted by atomic mass is 10.0. The molecular weight excluding hydrogens is 292 g/mol. The van der Waals surface area contributed by atoms with Crippen LogP contribution in [0.3, 0.4) is 0 Å². The van der Waals surface area contributed by atoms with Crippen molar-refractivity contribution >= 4 is 0 Å². The largest absolute Gasteiger partial charge is 0.392 e. The quantitative estimate of drug-likeness (QED) is 0.189. The fourth-order valence-corrected chi connectivity index (χ4v) is 3.12. The zero-order chi connectivity index (χ0) is 17.6. The summed E-state index contributed by atoms with van der Waals surface area (Å²) in [6.45, 7) is 2.43. The molecule has 0 bridgehead atoms. The molecule has 24 heavy (non-hydrogen) atoms. The first kappa shape index (κ1) is 23.4. The highest BCUT2D eigenvalue weighted by molar-refractivity contribution is 5.02. The van der Waals surface area contributed by atoms with Crippen LogP contribution in [0.1, 0.15) is 116 Å². The average Bonchev–Trinajstić information content (AvgIpc) is 2.60. The third-order valence-corrected chi connectivity index (χ3v) is 4.71. The van der Waals surface area contributed by atoms with Gasteiger partial charge in [0.1, 0.15) is 0 Å².